The number of benzene rings is 1. The second-order valence-electron chi connectivity index (χ2n) is 7.38. The second-order valence-corrected chi connectivity index (χ2v) is 7.38. The van der Waals surface area contributed by atoms with Crippen LogP contribution < -0.4 is 5.73 Å². The van der Waals surface area contributed by atoms with Crippen molar-refractivity contribution in [2.75, 3.05) is 5.73 Å². The van der Waals surface area contributed by atoms with Gasteiger partial charge < -0.3 is 5.73 Å². The van der Waals surface area contributed by atoms with Crippen LogP contribution in [-0.2, 0) is 11.8 Å². The van der Waals surface area contributed by atoms with Crippen LogP contribution in [0.1, 0.15) is 66.1 Å². The van der Waals surface area contributed by atoms with Gasteiger partial charge in [-0.3, -0.25) is 4.79 Å². The summed E-state index contributed by atoms with van der Waals surface area (Å²) in [6, 6.07) is 8.60. The number of hydrogen-bond donors (Lipinski definition) is 1. The Morgan fingerprint density at radius 3 is 2.35 bits per heavy atom. The Hall–Kier alpha value is -2.23. The third kappa shape index (κ3) is 2.98. The topological polar surface area (TPSA) is 68.9 Å². The van der Waals surface area contributed by atoms with Gasteiger partial charge in [-0.15, -0.1) is 0 Å². The highest BCUT2D eigenvalue weighted by Gasteiger charge is 2.30. The Morgan fingerprint density at radius 2 is 1.74 bits per heavy atom. The molecule has 1 heterocycles. The minimum absolute atomic E-state index is 0.0497. The molecule has 23 heavy (non-hydrogen) atoms. The van der Waals surface area contributed by atoms with Crippen LogP contribution in [0.2, 0.25) is 0 Å². The van der Waals surface area contributed by atoms with Gasteiger partial charge >= 0.3 is 0 Å². The van der Waals surface area contributed by atoms with Crippen LogP contribution in [0, 0.1) is 6.92 Å². The molecule has 0 radical (unpaired) electrons. The van der Waals surface area contributed by atoms with Crippen molar-refractivity contribution in [2.24, 2.45) is 0 Å². The number of nitrogens with two attached hydrogens (primary N) is 1. The zero-order chi connectivity index (χ0) is 16.8. The highest BCUT2D eigenvalue weighted by Crippen LogP contribution is 2.34. The molecule has 0 fully saturated rings. The van der Waals surface area contributed by atoms with Crippen LogP contribution in [0.4, 0.5) is 5.82 Å². The second kappa shape index (κ2) is 5.44. The first-order valence-electron chi connectivity index (χ1n) is 8.02. The molecular weight excluding hydrogens is 286 g/mol. The fourth-order valence-electron chi connectivity index (χ4n) is 3.23. The number of fused-ring (bicyclic) bond motifs is 1. The van der Waals surface area contributed by atoms with E-state index in [0.717, 1.165) is 12.1 Å². The third-order valence-corrected chi connectivity index (χ3v) is 4.52. The van der Waals surface area contributed by atoms with E-state index < -0.39 is 0 Å². The maximum Gasteiger partial charge on any atom is 0.169 e. The van der Waals surface area contributed by atoms with E-state index >= 15 is 0 Å². The third-order valence-electron chi connectivity index (χ3n) is 4.52. The summed E-state index contributed by atoms with van der Waals surface area (Å²) in [4.78, 5) is 21.0. The molecule has 1 aliphatic rings. The minimum Gasteiger partial charge on any atom is -0.383 e. The van der Waals surface area contributed by atoms with E-state index in [0.29, 0.717) is 23.6 Å². The van der Waals surface area contributed by atoms with Gasteiger partial charge in [-0.25, -0.2) is 9.97 Å². The summed E-state index contributed by atoms with van der Waals surface area (Å²) in [5.74, 6) is 1.16. The molecule has 1 aromatic heterocycles. The lowest BCUT2D eigenvalue weighted by molar-refractivity contribution is 0.0963. The largest absolute Gasteiger partial charge is 0.383 e. The molecule has 1 aliphatic carbocycles. The number of carbonyl (C=O) groups is 1. The molecule has 0 unspecified atom stereocenters. The lowest BCUT2D eigenvalue weighted by Crippen LogP contribution is -2.23. The number of nitrogen functional groups attached to an aromatic ring is 1. The Morgan fingerprint density at radius 1 is 1.09 bits per heavy atom. The molecule has 2 N–H and O–H groups in total. The average molecular weight is 309 g/mol. The summed E-state index contributed by atoms with van der Waals surface area (Å²) in [7, 11) is 0. The molecule has 0 spiro atoms. The molecule has 4 nitrogen and oxygen atoms in total. The maximum absolute atomic E-state index is 12.5. The zero-order valence-electron chi connectivity index (χ0n) is 14.2. The molecule has 1 aromatic carbocycles. The van der Waals surface area contributed by atoms with Crippen LogP contribution in [0.15, 0.2) is 24.3 Å². The Bertz CT molecular complexity index is 757. The molecule has 1 atom stereocenters. The summed E-state index contributed by atoms with van der Waals surface area (Å²) in [6.45, 7) is 8.41. The van der Waals surface area contributed by atoms with Crippen LogP contribution in [0.25, 0.3) is 0 Å². The van der Waals surface area contributed by atoms with Gasteiger partial charge in [0.2, 0.25) is 0 Å². The van der Waals surface area contributed by atoms with Gasteiger partial charge in [0, 0.05) is 6.42 Å². The molecule has 0 saturated heterocycles. The quantitative estimate of drug-likeness (QED) is 0.874. The predicted octanol–water partition coefficient (Wildman–Crippen LogP) is 3.58. The predicted molar refractivity (Wildman–Crippen MR) is 91.7 cm³/mol. The summed E-state index contributed by atoms with van der Waals surface area (Å²) < 4.78 is 0. The lowest BCUT2D eigenvalue weighted by Gasteiger charge is -2.25. The zero-order valence-corrected chi connectivity index (χ0v) is 14.2. The fourth-order valence-corrected chi connectivity index (χ4v) is 3.23. The van der Waals surface area contributed by atoms with Gasteiger partial charge in [-0.1, -0.05) is 45.0 Å². The van der Waals surface area contributed by atoms with Crippen molar-refractivity contribution in [1.82, 2.24) is 9.97 Å². The van der Waals surface area contributed by atoms with Crippen molar-refractivity contribution >= 4 is 11.6 Å². The molecule has 2 aromatic rings. The monoisotopic (exact) mass is 309 g/mol. The number of aromatic nitrogens is 2. The number of hydrogen-bond acceptors (Lipinski definition) is 4. The molecule has 120 valence electrons. The van der Waals surface area contributed by atoms with Crippen LogP contribution in [0.5, 0.6) is 0 Å². The summed E-state index contributed by atoms with van der Waals surface area (Å²) >= 11 is 0. The Labute approximate surface area is 137 Å². The van der Waals surface area contributed by atoms with E-state index in [1.54, 1.807) is 0 Å². The fraction of sp³-hybridized carbons (Fsp3) is 0.421. The number of nitrogens with zero attached hydrogens (tertiary/aromatic N) is 2. The Kier molecular flexibility index (Phi) is 3.71. The summed E-state index contributed by atoms with van der Waals surface area (Å²) in [6.07, 6.45) is 1.21. The van der Waals surface area contributed by atoms with Crippen molar-refractivity contribution < 1.29 is 4.79 Å². The van der Waals surface area contributed by atoms with E-state index in [1.165, 1.54) is 11.1 Å². The van der Waals surface area contributed by atoms with Crippen molar-refractivity contribution in [3.8, 4) is 0 Å². The van der Waals surface area contributed by atoms with Crippen LogP contribution in [0.3, 0.4) is 0 Å². The van der Waals surface area contributed by atoms with Gasteiger partial charge in [0.25, 0.3) is 0 Å². The number of ketones is 1. The van der Waals surface area contributed by atoms with Crippen molar-refractivity contribution in [2.45, 2.75) is 51.9 Å². The molecule has 0 aliphatic heterocycles. The van der Waals surface area contributed by atoms with Crippen molar-refractivity contribution in [1.29, 1.82) is 0 Å². The first-order chi connectivity index (χ1) is 10.8. The number of carbonyl (C=O) groups excluding carboxylic acids is 1. The molecular formula is C19H23N3O. The first-order valence-corrected chi connectivity index (χ1v) is 8.02. The van der Waals surface area contributed by atoms with Crippen LogP contribution >= 0.6 is 0 Å². The van der Waals surface area contributed by atoms with Crippen molar-refractivity contribution in [3.05, 3.63) is 52.5 Å². The van der Waals surface area contributed by atoms with Gasteiger partial charge in [0.1, 0.15) is 11.6 Å². The van der Waals surface area contributed by atoms with Gasteiger partial charge in [0.05, 0.1) is 11.3 Å². The first kappa shape index (κ1) is 15.7. The normalized spacial score (nSPS) is 17.9. The number of aryl methyl sites for hydroxylation is 1. The average Bonchev–Trinajstić information content (AvgIpc) is 2.45. The summed E-state index contributed by atoms with van der Waals surface area (Å²) in [5, 5.41) is 0. The molecule has 0 saturated carbocycles. The van der Waals surface area contributed by atoms with E-state index in [1.807, 2.05) is 6.92 Å². The van der Waals surface area contributed by atoms with Crippen molar-refractivity contribution in [3.63, 3.8) is 0 Å². The van der Waals surface area contributed by atoms with E-state index in [2.05, 4.69) is 55.0 Å². The Balaban J connectivity index is 1.93. The highest BCUT2D eigenvalue weighted by atomic mass is 16.1. The molecule has 3 rings (SSSR count). The molecule has 0 bridgehead atoms. The molecule has 4 heteroatoms. The SMILES string of the molecule is Cc1nc(N)c2c(n1)C[C@H](c1ccc(C(C)(C)C)cc1)CC2=O. The summed E-state index contributed by atoms with van der Waals surface area (Å²) in [5.41, 5.74) is 9.84. The standard InChI is InChI=1S/C19H23N3O/c1-11-21-15-9-13(10-16(23)17(15)18(20)22-11)12-5-7-14(8-6-12)19(2,3)4/h5-8,13H,9-10H2,1-4H3,(H2,20,21,22)/t13-/m0/s1. The highest BCUT2D eigenvalue weighted by molar-refractivity contribution is 6.02. The van der Waals surface area contributed by atoms with E-state index in [4.69, 9.17) is 5.73 Å². The van der Waals surface area contributed by atoms with E-state index in [-0.39, 0.29) is 17.1 Å². The van der Waals surface area contributed by atoms with Crippen LogP contribution in [-0.4, -0.2) is 15.8 Å². The number of anilines is 1. The minimum atomic E-state index is 0.0497. The van der Waals surface area contributed by atoms with Gasteiger partial charge in [0.15, 0.2) is 5.78 Å². The van der Waals surface area contributed by atoms with Gasteiger partial charge in [-0.05, 0) is 35.8 Å². The van der Waals surface area contributed by atoms with E-state index in [9.17, 15) is 4.79 Å². The van der Waals surface area contributed by atoms with Gasteiger partial charge in [-0.2, -0.15) is 0 Å². The molecule has 0 amide bonds. The number of Topliss-reactive ketones (excluding diaryl/α,β-unsaturated/α-hetero) is 1. The maximum atomic E-state index is 12.5. The lowest BCUT2D eigenvalue weighted by atomic mass is 9.80. The smallest absolute Gasteiger partial charge is 0.169 e. The number of rotatable bonds is 1.